The van der Waals surface area contributed by atoms with Gasteiger partial charge in [-0.1, -0.05) is 12.2 Å². The monoisotopic (exact) mass is 272 g/mol. The lowest BCUT2D eigenvalue weighted by Gasteiger charge is -2.02. The molecule has 0 amide bonds. The van der Waals surface area contributed by atoms with Crippen molar-refractivity contribution < 1.29 is 18.3 Å². The summed E-state index contributed by atoms with van der Waals surface area (Å²) in [5.74, 6) is -1.16. The largest absolute Gasteiger partial charge is 0.477 e. The van der Waals surface area contributed by atoms with Crippen LogP contribution in [-0.4, -0.2) is 30.6 Å². The van der Waals surface area contributed by atoms with Gasteiger partial charge in [-0.15, -0.1) is 0 Å². The SMILES string of the molecule is C/C=C/CCNS(=O)(=O)c1cc(C(=O)O)n(C)c1. The van der Waals surface area contributed by atoms with Crippen molar-refractivity contribution in [2.75, 3.05) is 6.54 Å². The molecule has 18 heavy (non-hydrogen) atoms. The number of carboxylic acid groups (broad SMARTS) is 1. The summed E-state index contributed by atoms with van der Waals surface area (Å²) >= 11 is 0. The Bertz CT molecular complexity index is 558. The number of aryl methyl sites for hydroxylation is 1. The summed E-state index contributed by atoms with van der Waals surface area (Å²) in [5, 5.41) is 8.85. The molecule has 1 rings (SSSR count). The van der Waals surface area contributed by atoms with Crippen molar-refractivity contribution in [2.24, 2.45) is 7.05 Å². The molecule has 1 aromatic rings. The van der Waals surface area contributed by atoms with E-state index in [4.69, 9.17) is 5.11 Å². The van der Waals surface area contributed by atoms with Gasteiger partial charge in [0, 0.05) is 19.8 Å². The highest BCUT2D eigenvalue weighted by Gasteiger charge is 2.19. The fraction of sp³-hybridized carbons (Fsp3) is 0.364. The maximum atomic E-state index is 11.8. The highest BCUT2D eigenvalue weighted by molar-refractivity contribution is 7.89. The lowest BCUT2D eigenvalue weighted by atomic mass is 10.4. The van der Waals surface area contributed by atoms with Gasteiger partial charge in [0.15, 0.2) is 0 Å². The van der Waals surface area contributed by atoms with Crippen molar-refractivity contribution in [1.29, 1.82) is 0 Å². The minimum atomic E-state index is -3.64. The van der Waals surface area contributed by atoms with Gasteiger partial charge in [0.05, 0.1) is 0 Å². The minimum Gasteiger partial charge on any atom is -0.477 e. The number of rotatable bonds is 6. The summed E-state index contributed by atoms with van der Waals surface area (Å²) in [4.78, 5) is 10.8. The van der Waals surface area contributed by atoms with Gasteiger partial charge in [-0.3, -0.25) is 0 Å². The topological polar surface area (TPSA) is 88.4 Å². The van der Waals surface area contributed by atoms with E-state index in [1.165, 1.54) is 17.8 Å². The van der Waals surface area contributed by atoms with Crippen molar-refractivity contribution >= 4 is 16.0 Å². The molecule has 0 atom stereocenters. The van der Waals surface area contributed by atoms with Crippen LogP contribution >= 0.6 is 0 Å². The van der Waals surface area contributed by atoms with Gasteiger partial charge in [0.1, 0.15) is 10.6 Å². The van der Waals surface area contributed by atoms with Crippen LogP contribution in [0.3, 0.4) is 0 Å². The smallest absolute Gasteiger partial charge is 0.352 e. The number of hydrogen-bond acceptors (Lipinski definition) is 3. The van der Waals surface area contributed by atoms with Crippen LogP contribution in [-0.2, 0) is 17.1 Å². The third kappa shape index (κ3) is 3.44. The summed E-state index contributed by atoms with van der Waals surface area (Å²) in [6.07, 6.45) is 5.55. The number of aromatic nitrogens is 1. The highest BCUT2D eigenvalue weighted by Crippen LogP contribution is 2.13. The molecule has 0 aromatic carbocycles. The predicted octanol–water partition coefficient (Wildman–Crippen LogP) is 0.968. The van der Waals surface area contributed by atoms with Crippen LogP contribution in [0.15, 0.2) is 29.3 Å². The molecule has 0 aliphatic heterocycles. The molecule has 0 aliphatic rings. The van der Waals surface area contributed by atoms with Crippen LogP contribution in [0.1, 0.15) is 23.8 Å². The first-order valence-electron chi connectivity index (χ1n) is 5.39. The molecule has 2 N–H and O–H groups in total. The van der Waals surface area contributed by atoms with Crippen molar-refractivity contribution in [3.8, 4) is 0 Å². The van der Waals surface area contributed by atoms with E-state index in [0.717, 1.165) is 6.07 Å². The average molecular weight is 272 g/mol. The van der Waals surface area contributed by atoms with E-state index in [1.807, 2.05) is 19.1 Å². The number of allylic oxidation sites excluding steroid dienone is 1. The zero-order chi connectivity index (χ0) is 13.8. The molecular weight excluding hydrogens is 256 g/mol. The molecule has 1 aromatic heterocycles. The molecule has 0 aliphatic carbocycles. The highest BCUT2D eigenvalue weighted by atomic mass is 32.2. The van der Waals surface area contributed by atoms with Crippen molar-refractivity contribution in [3.63, 3.8) is 0 Å². The summed E-state index contributed by atoms with van der Waals surface area (Å²) in [6.45, 7) is 2.13. The van der Waals surface area contributed by atoms with E-state index in [1.54, 1.807) is 0 Å². The van der Waals surface area contributed by atoms with Crippen LogP contribution in [0.25, 0.3) is 0 Å². The van der Waals surface area contributed by atoms with E-state index in [2.05, 4.69) is 4.72 Å². The van der Waals surface area contributed by atoms with Crippen LogP contribution < -0.4 is 4.72 Å². The fourth-order valence-corrected chi connectivity index (χ4v) is 2.54. The number of nitrogens with zero attached hydrogens (tertiary/aromatic N) is 1. The lowest BCUT2D eigenvalue weighted by molar-refractivity contribution is 0.0686. The minimum absolute atomic E-state index is 0.0390. The molecule has 0 bridgehead atoms. The molecule has 0 saturated heterocycles. The lowest BCUT2D eigenvalue weighted by Crippen LogP contribution is -2.24. The molecular formula is C11H16N2O4S. The summed E-state index contributed by atoms with van der Waals surface area (Å²) < 4.78 is 27.4. The zero-order valence-electron chi connectivity index (χ0n) is 10.3. The summed E-state index contributed by atoms with van der Waals surface area (Å²) in [7, 11) is -2.16. The number of nitrogens with one attached hydrogen (secondary N) is 1. The van der Waals surface area contributed by atoms with Crippen LogP contribution in [0.4, 0.5) is 0 Å². The van der Waals surface area contributed by atoms with Crippen molar-refractivity contribution in [3.05, 3.63) is 30.1 Å². The second-order valence-electron chi connectivity index (χ2n) is 3.73. The molecule has 0 saturated carbocycles. The number of carboxylic acids is 1. The Morgan fingerprint density at radius 1 is 1.56 bits per heavy atom. The summed E-state index contributed by atoms with van der Waals surface area (Å²) in [5.41, 5.74) is -0.0659. The zero-order valence-corrected chi connectivity index (χ0v) is 11.1. The van der Waals surface area contributed by atoms with Crippen molar-refractivity contribution in [2.45, 2.75) is 18.2 Å². The number of hydrogen-bond donors (Lipinski definition) is 2. The fourth-order valence-electron chi connectivity index (χ4n) is 1.42. The van der Waals surface area contributed by atoms with Gasteiger partial charge in [-0.25, -0.2) is 17.9 Å². The van der Waals surface area contributed by atoms with Gasteiger partial charge in [-0.2, -0.15) is 0 Å². The van der Waals surface area contributed by atoms with Crippen LogP contribution in [0.5, 0.6) is 0 Å². The normalized spacial score (nSPS) is 12.1. The second-order valence-corrected chi connectivity index (χ2v) is 5.50. The Hall–Kier alpha value is -1.60. The van der Waals surface area contributed by atoms with Crippen LogP contribution in [0, 0.1) is 0 Å². The molecule has 100 valence electrons. The Morgan fingerprint density at radius 3 is 2.72 bits per heavy atom. The molecule has 0 radical (unpaired) electrons. The maximum absolute atomic E-state index is 11.8. The van der Waals surface area contributed by atoms with Crippen molar-refractivity contribution in [1.82, 2.24) is 9.29 Å². The first-order valence-corrected chi connectivity index (χ1v) is 6.87. The van der Waals surface area contributed by atoms with Gasteiger partial charge in [0.2, 0.25) is 10.0 Å². The van der Waals surface area contributed by atoms with Crippen LogP contribution in [0.2, 0.25) is 0 Å². The Kier molecular flexibility index (Phi) is 4.69. The molecule has 7 heteroatoms. The van der Waals surface area contributed by atoms with E-state index in [9.17, 15) is 13.2 Å². The molecule has 6 nitrogen and oxygen atoms in total. The molecule has 0 spiro atoms. The Balaban J connectivity index is 2.85. The maximum Gasteiger partial charge on any atom is 0.352 e. The molecule has 0 unspecified atom stereocenters. The predicted molar refractivity (Wildman–Crippen MR) is 67.0 cm³/mol. The van der Waals surface area contributed by atoms with Gasteiger partial charge in [-0.05, 0) is 19.4 Å². The molecule has 0 fully saturated rings. The van der Waals surface area contributed by atoms with E-state index >= 15 is 0 Å². The van der Waals surface area contributed by atoms with Gasteiger partial charge in [0.25, 0.3) is 0 Å². The first-order chi connectivity index (χ1) is 8.38. The first kappa shape index (κ1) is 14.5. The quantitative estimate of drug-likeness (QED) is 0.596. The summed E-state index contributed by atoms with van der Waals surface area (Å²) in [6, 6.07) is 1.14. The standard InChI is InChI=1S/C11H16N2O4S/c1-3-4-5-6-12-18(16,17)9-7-10(11(14)15)13(2)8-9/h3-4,7-8,12H,5-6H2,1-2H3,(H,14,15)/b4-3+. The van der Waals surface area contributed by atoms with Gasteiger partial charge < -0.3 is 9.67 Å². The average Bonchev–Trinajstić information content (AvgIpc) is 2.68. The Labute approximate surface area is 106 Å². The molecule has 1 heterocycles. The number of sulfonamides is 1. The van der Waals surface area contributed by atoms with E-state index < -0.39 is 16.0 Å². The van der Waals surface area contributed by atoms with E-state index in [0.29, 0.717) is 6.42 Å². The van der Waals surface area contributed by atoms with E-state index in [-0.39, 0.29) is 17.1 Å². The number of aromatic carboxylic acids is 1. The third-order valence-corrected chi connectivity index (χ3v) is 3.78. The number of carbonyl (C=O) groups is 1. The Morgan fingerprint density at radius 2 is 2.22 bits per heavy atom. The second kappa shape index (κ2) is 5.83. The van der Waals surface area contributed by atoms with Gasteiger partial charge >= 0.3 is 5.97 Å². The third-order valence-electron chi connectivity index (χ3n) is 2.35.